The van der Waals surface area contributed by atoms with Crippen molar-refractivity contribution in [2.75, 3.05) is 0 Å². The molecule has 0 fully saturated rings. The van der Waals surface area contributed by atoms with Crippen LogP contribution in [0, 0.1) is 0 Å². The molecule has 13 heavy (non-hydrogen) atoms. The van der Waals surface area contributed by atoms with Crippen LogP contribution in [0.15, 0.2) is 22.8 Å². The summed E-state index contributed by atoms with van der Waals surface area (Å²) in [6.07, 6.45) is 1.81. The van der Waals surface area contributed by atoms with E-state index in [0.717, 1.165) is 16.7 Å². The monoisotopic (exact) mass is 242 g/mol. The molecule has 3 heteroatoms. The van der Waals surface area contributed by atoms with Gasteiger partial charge >= 0.3 is 0 Å². The van der Waals surface area contributed by atoms with Crippen molar-refractivity contribution in [3.05, 3.63) is 28.5 Å². The van der Waals surface area contributed by atoms with Crippen molar-refractivity contribution < 1.29 is 0 Å². The minimum Gasteiger partial charge on any atom is -0.306 e. The first-order chi connectivity index (χ1) is 5.99. The Hall–Kier alpha value is -0.410. The quantitative estimate of drug-likeness (QED) is 0.863. The zero-order chi connectivity index (χ0) is 9.90. The summed E-state index contributed by atoms with van der Waals surface area (Å²) in [6, 6.07) is 3.93. The summed E-state index contributed by atoms with van der Waals surface area (Å²) in [5.41, 5.74) is 1.19. The molecule has 0 saturated heterocycles. The van der Waals surface area contributed by atoms with Crippen LogP contribution in [-0.2, 0) is 6.54 Å². The van der Waals surface area contributed by atoms with E-state index >= 15 is 0 Å². The zero-order valence-electron chi connectivity index (χ0n) is 8.26. The number of halogens is 1. The van der Waals surface area contributed by atoms with E-state index in [1.54, 1.807) is 0 Å². The molecule has 0 amide bonds. The highest BCUT2D eigenvalue weighted by Gasteiger charge is 2.09. The average molecular weight is 243 g/mol. The van der Waals surface area contributed by atoms with Gasteiger partial charge in [-0.05, 0) is 48.8 Å². The molecule has 72 valence electrons. The maximum absolute atomic E-state index is 4.27. The molecular weight excluding hydrogens is 228 g/mol. The van der Waals surface area contributed by atoms with Crippen LogP contribution in [0.5, 0.6) is 0 Å². The third kappa shape index (κ3) is 3.87. The largest absolute Gasteiger partial charge is 0.306 e. The molecule has 0 bridgehead atoms. The van der Waals surface area contributed by atoms with Crippen LogP contribution < -0.4 is 5.32 Å². The third-order valence-electron chi connectivity index (χ3n) is 1.62. The van der Waals surface area contributed by atoms with Crippen LogP contribution in [0.2, 0.25) is 0 Å². The maximum atomic E-state index is 4.27. The summed E-state index contributed by atoms with van der Waals surface area (Å²) >= 11 is 3.46. The van der Waals surface area contributed by atoms with Crippen molar-refractivity contribution in [1.29, 1.82) is 0 Å². The summed E-state index contributed by atoms with van der Waals surface area (Å²) in [6.45, 7) is 7.22. The Kier molecular flexibility index (Phi) is 3.45. The Morgan fingerprint density at radius 3 is 2.69 bits per heavy atom. The summed E-state index contributed by atoms with van der Waals surface area (Å²) in [5, 5.41) is 3.39. The van der Waals surface area contributed by atoms with Crippen LogP contribution in [-0.4, -0.2) is 10.5 Å². The zero-order valence-corrected chi connectivity index (χ0v) is 9.85. The average Bonchev–Trinajstić information content (AvgIpc) is 2.01. The van der Waals surface area contributed by atoms with Gasteiger partial charge in [-0.3, -0.25) is 4.98 Å². The van der Waals surface area contributed by atoms with Gasteiger partial charge in [0, 0.05) is 22.8 Å². The number of nitrogens with one attached hydrogen (secondary N) is 1. The number of hydrogen-bond acceptors (Lipinski definition) is 2. The van der Waals surface area contributed by atoms with Gasteiger partial charge in [-0.25, -0.2) is 0 Å². The predicted molar refractivity (Wildman–Crippen MR) is 58.5 cm³/mol. The lowest BCUT2D eigenvalue weighted by atomic mass is 10.1. The molecule has 2 nitrogen and oxygen atoms in total. The van der Waals surface area contributed by atoms with Crippen LogP contribution in [0.3, 0.4) is 0 Å². The first kappa shape index (κ1) is 10.7. The summed E-state index contributed by atoms with van der Waals surface area (Å²) in [4.78, 5) is 4.27. The molecule has 0 atom stereocenters. The van der Waals surface area contributed by atoms with Crippen molar-refractivity contribution in [1.82, 2.24) is 10.3 Å². The Morgan fingerprint density at radius 1 is 1.46 bits per heavy atom. The summed E-state index contributed by atoms with van der Waals surface area (Å²) in [5.74, 6) is 0. The minimum atomic E-state index is 0.136. The Balaban J connectivity index is 2.60. The highest BCUT2D eigenvalue weighted by Crippen LogP contribution is 2.13. The fraction of sp³-hybridized carbons (Fsp3) is 0.500. The lowest BCUT2D eigenvalue weighted by molar-refractivity contribution is 0.421. The first-order valence-electron chi connectivity index (χ1n) is 4.33. The summed E-state index contributed by atoms with van der Waals surface area (Å²) in [7, 11) is 0. The van der Waals surface area contributed by atoms with Gasteiger partial charge in [-0.2, -0.15) is 0 Å². The van der Waals surface area contributed by atoms with Crippen molar-refractivity contribution in [2.24, 2.45) is 0 Å². The van der Waals surface area contributed by atoms with E-state index in [-0.39, 0.29) is 5.54 Å². The van der Waals surface area contributed by atoms with Crippen molar-refractivity contribution >= 4 is 15.9 Å². The Morgan fingerprint density at radius 2 is 2.15 bits per heavy atom. The second-order valence-corrected chi connectivity index (χ2v) is 4.89. The highest BCUT2D eigenvalue weighted by molar-refractivity contribution is 9.10. The van der Waals surface area contributed by atoms with Crippen LogP contribution in [0.4, 0.5) is 0 Å². The molecule has 0 aromatic carbocycles. The molecule has 1 aromatic heterocycles. The Labute approximate surface area is 87.9 Å². The smallest absolute Gasteiger partial charge is 0.0683 e. The minimum absolute atomic E-state index is 0.136. The van der Waals surface area contributed by atoms with E-state index in [1.807, 2.05) is 18.3 Å². The molecule has 0 spiro atoms. The normalized spacial score (nSPS) is 11.7. The van der Waals surface area contributed by atoms with Crippen LogP contribution in [0.25, 0.3) is 0 Å². The second-order valence-electron chi connectivity index (χ2n) is 4.04. The fourth-order valence-electron chi connectivity index (χ4n) is 0.897. The number of rotatable bonds is 2. The lowest BCUT2D eigenvalue weighted by Gasteiger charge is -2.20. The van der Waals surface area contributed by atoms with E-state index < -0.39 is 0 Å². The number of pyridine rings is 1. The van der Waals surface area contributed by atoms with E-state index in [1.165, 1.54) is 0 Å². The topological polar surface area (TPSA) is 24.9 Å². The molecule has 0 radical (unpaired) electrons. The van der Waals surface area contributed by atoms with Crippen molar-refractivity contribution in [3.8, 4) is 0 Å². The number of nitrogens with zero attached hydrogens (tertiary/aromatic N) is 1. The first-order valence-corrected chi connectivity index (χ1v) is 5.13. The molecule has 0 aliphatic rings. The molecule has 0 unspecified atom stereocenters. The molecule has 0 aliphatic heterocycles. The van der Waals surface area contributed by atoms with Crippen LogP contribution in [0.1, 0.15) is 26.5 Å². The predicted octanol–water partition coefficient (Wildman–Crippen LogP) is 2.73. The second kappa shape index (κ2) is 4.20. The molecular formula is C10H15BrN2. The van der Waals surface area contributed by atoms with Gasteiger partial charge in [0.15, 0.2) is 0 Å². The van der Waals surface area contributed by atoms with Gasteiger partial charge in [0.1, 0.15) is 0 Å². The molecule has 1 N–H and O–H groups in total. The SMILES string of the molecule is CC(C)(C)NCc1ncccc1Br. The molecule has 0 saturated carbocycles. The van der Waals surface area contributed by atoms with E-state index in [9.17, 15) is 0 Å². The van der Waals surface area contributed by atoms with Crippen LogP contribution >= 0.6 is 15.9 Å². The highest BCUT2D eigenvalue weighted by atomic mass is 79.9. The van der Waals surface area contributed by atoms with E-state index in [2.05, 4.69) is 47.0 Å². The maximum Gasteiger partial charge on any atom is 0.0683 e. The molecule has 1 heterocycles. The van der Waals surface area contributed by atoms with Gasteiger partial charge < -0.3 is 5.32 Å². The van der Waals surface area contributed by atoms with Gasteiger partial charge in [0.05, 0.1) is 5.69 Å². The Bertz CT molecular complexity index is 278. The standard InChI is InChI=1S/C10H15BrN2/c1-10(2,3)13-7-9-8(11)5-4-6-12-9/h4-6,13H,7H2,1-3H3. The third-order valence-corrected chi connectivity index (χ3v) is 2.34. The van der Waals surface area contributed by atoms with Gasteiger partial charge in [0.25, 0.3) is 0 Å². The fourth-order valence-corrected chi connectivity index (χ4v) is 1.29. The summed E-state index contributed by atoms with van der Waals surface area (Å²) < 4.78 is 1.06. The van der Waals surface area contributed by atoms with Crippen molar-refractivity contribution in [2.45, 2.75) is 32.9 Å². The number of hydrogen-bond donors (Lipinski definition) is 1. The molecule has 1 rings (SSSR count). The van der Waals surface area contributed by atoms with Crippen molar-refractivity contribution in [3.63, 3.8) is 0 Å². The van der Waals surface area contributed by atoms with Gasteiger partial charge in [-0.1, -0.05) is 0 Å². The number of aromatic nitrogens is 1. The van der Waals surface area contributed by atoms with E-state index in [4.69, 9.17) is 0 Å². The van der Waals surface area contributed by atoms with Gasteiger partial charge in [-0.15, -0.1) is 0 Å². The van der Waals surface area contributed by atoms with E-state index in [0.29, 0.717) is 0 Å². The lowest BCUT2D eigenvalue weighted by Crippen LogP contribution is -2.35. The molecule has 0 aliphatic carbocycles. The van der Waals surface area contributed by atoms with Gasteiger partial charge in [0.2, 0.25) is 0 Å². The molecule has 1 aromatic rings.